The number of nitrogens with zero attached hydrogens (tertiary/aromatic N) is 2. The summed E-state index contributed by atoms with van der Waals surface area (Å²) in [6.45, 7) is 4.25. The van der Waals surface area contributed by atoms with Gasteiger partial charge >= 0.3 is 5.97 Å². The fraction of sp³-hybridized carbons (Fsp3) is 0.656. The molecule has 0 aliphatic rings. The lowest BCUT2D eigenvalue weighted by atomic mass is 10.0. The molecule has 6 heteroatoms. The molecule has 0 aliphatic heterocycles. The predicted octanol–water partition coefficient (Wildman–Crippen LogP) is 7.09. The summed E-state index contributed by atoms with van der Waals surface area (Å²) in [6.07, 6.45) is 24.0. The van der Waals surface area contributed by atoms with Crippen molar-refractivity contribution in [2.24, 2.45) is 0 Å². The third-order valence-electron chi connectivity index (χ3n) is 6.87. The highest BCUT2D eigenvalue weighted by Crippen LogP contribution is 2.13. The van der Waals surface area contributed by atoms with Crippen molar-refractivity contribution in [3.8, 4) is 0 Å². The van der Waals surface area contributed by atoms with Crippen LogP contribution in [0.4, 0.5) is 0 Å². The Kier molecular flexibility index (Phi) is 18.1. The summed E-state index contributed by atoms with van der Waals surface area (Å²) in [5.74, 6) is -0.350. The highest BCUT2D eigenvalue weighted by Gasteiger charge is 2.14. The molecule has 1 unspecified atom stereocenters. The van der Waals surface area contributed by atoms with Crippen LogP contribution < -0.4 is 4.57 Å². The number of benzene rings is 1. The van der Waals surface area contributed by atoms with Gasteiger partial charge in [0.05, 0.1) is 18.4 Å². The van der Waals surface area contributed by atoms with Gasteiger partial charge < -0.3 is 14.2 Å². The van der Waals surface area contributed by atoms with E-state index in [1.807, 2.05) is 35.0 Å². The summed E-state index contributed by atoms with van der Waals surface area (Å²) in [4.78, 5) is 16.7. The summed E-state index contributed by atoms with van der Waals surface area (Å²) in [7, 11) is 1.63. The summed E-state index contributed by atoms with van der Waals surface area (Å²) < 4.78 is 18.7. The first-order chi connectivity index (χ1) is 18.7. The van der Waals surface area contributed by atoms with Crippen LogP contribution in [0.5, 0.6) is 0 Å². The van der Waals surface area contributed by atoms with E-state index in [0.29, 0.717) is 18.7 Å². The lowest BCUT2D eigenvalue weighted by Crippen LogP contribution is -2.33. The number of esters is 1. The van der Waals surface area contributed by atoms with Crippen molar-refractivity contribution in [2.75, 3.05) is 26.9 Å². The van der Waals surface area contributed by atoms with Crippen LogP contribution in [0.1, 0.15) is 113 Å². The molecule has 1 aromatic heterocycles. The molecule has 0 radical (unpaired) electrons. The Morgan fingerprint density at radius 3 is 2.13 bits per heavy atom. The van der Waals surface area contributed by atoms with Gasteiger partial charge in [0.15, 0.2) is 0 Å². The molecule has 1 aromatic carbocycles. The van der Waals surface area contributed by atoms with E-state index in [1.165, 1.54) is 83.5 Å². The van der Waals surface area contributed by atoms with Gasteiger partial charge in [0, 0.05) is 19.8 Å². The Bertz CT molecular complexity index is 846. The lowest BCUT2D eigenvalue weighted by Gasteiger charge is -2.16. The van der Waals surface area contributed by atoms with Gasteiger partial charge in [-0.05, 0) is 24.1 Å². The lowest BCUT2D eigenvalue weighted by molar-refractivity contribution is -0.691. The SMILES string of the molecule is CCCCCCCCCCCCCCCCOCC(COC(=O)c1cccc(C[n+]2cccnc2)c1)OC. The smallest absolute Gasteiger partial charge is 0.338 e. The molecule has 1 atom stereocenters. The Balaban J connectivity index is 1.47. The first kappa shape index (κ1) is 31.9. The monoisotopic (exact) mass is 527 g/mol. The second-order valence-corrected chi connectivity index (χ2v) is 10.3. The van der Waals surface area contributed by atoms with Crippen LogP contribution in [0.25, 0.3) is 0 Å². The van der Waals surface area contributed by atoms with Crippen LogP contribution in [0.2, 0.25) is 0 Å². The highest BCUT2D eigenvalue weighted by molar-refractivity contribution is 5.89. The number of hydrogen-bond acceptors (Lipinski definition) is 5. The third kappa shape index (κ3) is 15.2. The molecule has 0 N–H and O–H groups in total. The molecule has 0 spiro atoms. The molecule has 212 valence electrons. The van der Waals surface area contributed by atoms with Crippen molar-refractivity contribution in [1.82, 2.24) is 4.98 Å². The average molecular weight is 528 g/mol. The minimum atomic E-state index is -0.350. The van der Waals surface area contributed by atoms with Gasteiger partial charge in [-0.15, -0.1) is 0 Å². The standard InChI is InChI=1S/C32H51N2O4/c1-3-4-5-6-7-8-9-10-11-12-13-14-15-16-23-37-26-31(36-2)27-38-32(35)30-20-17-19-29(24-30)25-34-22-18-21-33-28-34/h17-22,24,28,31H,3-16,23,25-27H2,1-2H3/q+1. The van der Waals surface area contributed by atoms with Gasteiger partial charge in [0.1, 0.15) is 25.5 Å². The Labute approximate surface area is 231 Å². The number of hydrogen-bond donors (Lipinski definition) is 0. The van der Waals surface area contributed by atoms with Crippen molar-refractivity contribution < 1.29 is 23.6 Å². The molecule has 0 fully saturated rings. The van der Waals surface area contributed by atoms with Crippen LogP contribution >= 0.6 is 0 Å². The maximum atomic E-state index is 12.6. The first-order valence-corrected chi connectivity index (χ1v) is 14.9. The third-order valence-corrected chi connectivity index (χ3v) is 6.87. The molecule has 0 aliphatic carbocycles. The summed E-state index contributed by atoms with van der Waals surface area (Å²) in [5.41, 5.74) is 1.54. The quantitative estimate of drug-likeness (QED) is 0.0877. The van der Waals surface area contributed by atoms with Crippen LogP contribution in [-0.4, -0.2) is 44.0 Å². The van der Waals surface area contributed by atoms with E-state index in [2.05, 4.69) is 11.9 Å². The summed E-state index contributed by atoms with van der Waals surface area (Å²) >= 11 is 0. The van der Waals surface area contributed by atoms with E-state index in [9.17, 15) is 4.79 Å². The minimum Gasteiger partial charge on any atom is -0.459 e. The molecule has 1 heterocycles. The molecular formula is C32H51N2O4+. The van der Waals surface area contributed by atoms with E-state index in [0.717, 1.165) is 18.6 Å². The van der Waals surface area contributed by atoms with Crippen LogP contribution in [0, 0.1) is 0 Å². The van der Waals surface area contributed by atoms with E-state index >= 15 is 0 Å². The highest BCUT2D eigenvalue weighted by atomic mass is 16.6. The van der Waals surface area contributed by atoms with Crippen molar-refractivity contribution >= 4 is 5.97 Å². The zero-order chi connectivity index (χ0) is 27.1. The molecule has 2 aromatic rings. The molecule has 6 nitrogen and oxygen atoms in total. The van der Waals surface area contributed by atoms with Crippen molar-refractivity contribution in [3.05, 3.63) is 60.2 Å². The Morgan fingerprint density at radius 1 is 0.868 bits per heavy atom. The average Bonchev–Trinajstić information content (AvgIpc) is 2.95. The molecule has 0 bridgehead atoms. The maximum Gasteiger partial charge on any atom is 0.338 e. The molecule has 0 saturated heterocycles. The van der Waals surface area contributed by atoms with Gasteiger partial charge in [-0.25, -0.2) is 9.36 Å². The number of carbonyl (C=O) groups is 1. The molecule has 0 saturated carbocycles. The molecule has 2 rings (SSSR count). The largest absolute Gasteiger partial charge is 0.459 e. The van der Waals surface area contributed by atoms with E-state index in [4.69, 9.17) is 14.2 Å². The fourth-order valence-corrected chi connectivity index (χ4v) is 4.51. The summed E-state index contributed by atoms with van der Waals surface area (Å²) in [6, 6.07) is 9.37. The summed E-state index contributed by atoms with van der Waals surface area (Å²) in [5, 5.41) is 0. The number of unbranched alkanes of at least 4 members (excludes halogenated alkanes) is 13. The van der Waals surface area contributed by atoms with Crippen molar-refractivity contribution in [1.29, 1.82) is 0 Å². The topological polar surface area (TPSA) is 61.5 Å². The second-order valence-electron chi connectivity index (χ2n) is 10.3. The first-order valence-electron chi connectivity index (χ1n) is 14.9. The normalized spacial score (nSPS) is 11.9. The number of ether oxygens (including phenoxy) is 3. The van der Waals surface area contributed by atoms with E-state index < -0.39 is 0 Å². The minimum absolute atomic E-state index is 0.176. The van der Waals surface area contributed by atoms with Gasteiger partial charge in [0.2, 0.25) is 0 Å². The van der Waals surface area contributed by atoms with E-state index in [-0.39, 0.29) is 18.7 Å². The number of carbonyl (C=O) groups excluding carboxylic acids is 1. The number of aromatic nitrogens is 2. The maximum absolute atomic E-state index is 12.6. The number of rotatable bonds is 23. The molecule has 38 heavy (non-hydrogen) atoms. The van der Waals surface area contributed by atoms with E-state index in [1.54, 1.807) is 25.7 Å². The van der Waals surface area contributed by atoms with Gasteiger partial charge in [0.25, 0.3) is 6.33 Å². The van der Waals surface area contributed by atoms with Crippen LogP contribution in [0.15, 0.2) is 49.1 Å². The zero-order valence-corrected chi connectivity index (χ0v) is 24.0. The predicted molar refractivity (Wildman–Crippen MR) is 152 cm³/mol. The van der Waals surface area contributed by atoms with Gasteiger partial charge in [-0.3, -0.25) is 0 Å². The number of methoxy groups -OCH3 is 1. The van der Waals surface area contributed by atoms with Crippen molar-refractivity contribution in [3.63, 3.8) is 0 Å². The Hall–Kier alpha value is -2.31. The van der Waals surface area contributed by atoms with Crippen LogP contribution in [-0.2, 0) is 20.8 Å². The van der Waals surface area contributed by atoms with Gasteiger partial charge in [-0.1, -0.05) is 108 Å². The molecule has 0 amide bonds. The van der Waals surface area contributed by atoms with Gasteiger partial charge in [-0.2, -0.15) is 0 Å². The fourth-order valence-electron chi connectivity index (χ4n) is 4.51. The zero-order valence-electron chi connectivity index (χ0n) is 24.0. The Morgan fingerprint density at radius 2 is 1.53 bits per heavy atom. The second kappa shape index (κ2) is 21.6. The molecular weight excluding hydrogens is 476 g/mol. The van der Waals surface area contributed by atoms with Crippen LogP contribution in [0.3, 0.4) is 0 Å². The van der Waals surface area contributed by atoms with Crippen molar-refractivity contribution in [2.45, 2.75) is 109 Å².